The van der Waals surface area contributed by atoms with E-state index in [1.165, 1.54) is 0 Å². The molecule has 3 rings (SSSR count). The third-order valence-electron chi connectivity index (χ3n) is 3.23. The van der Waals surface area contributed by atoms with Gasteiger partial charge >= 0.3 is 0 Å². The van der Waals surface area contributed by atoms with Crippen LogP contribution in [0.15, 0.2) is 36.4 Å². The molecule has 0 spiro atoms. The average molecular weight is 338 g/mol. The lowest BCUT2D eigenvalue weighted by molar-refractivity contribution is -0.118. The summed E-state index contributed by atoms with van der Waals surface area (Å²) in [6, 6.07) is 10.4. The Kier molecular flexibility index (Phi) is 4.41. The Balaban J connectivity index is 1.58. The summed E-state index contributed by atoms with van der Waals surface area (Å²) in [5.41, 5.74) is 1.82. The minimum absolute atomic E-state index is 0.130. The fraction of sp³-hybridized carbons (Fsp3) is 0.188. The van der Waals surface area contributed by atoms with Crippen LogP contribution in [0.5, 0.6) is 11.5 Å². The first-order valence-corrected chi connectivity index (χ1v) is 7.51. The van der Waals surface area contributed by atoms with Gasteiger partial charge in [-0.3, -0.25) is 4.79 Å². The molecule has 0 atom stereocenters. The summed E-state index contributed by atoms with van der Waals surface area (Å²) < 4.78 is 10.8. The number of nitrogens with one attached hydrogen (secondary N) is 1. The molecule has 1 heterocycles. The van der Waals surface area contributed by atoms with Gasteiger partial charge in [-0.2, -0.15) is 0 Å². The van der Waals surface area contributed by atoms with Gasteiger partial charge in [0.2, 0.25) is 0 Å². The van der Waals surface area contributed by atoms with E-state index < -0.39 is 0 Å². The van der Waals surface area contributed by atoms with Crippen molar-refractivity contribution < 1.29 is 14.3 Å². The Labute approximate surface area is 137 Å². The maximum absolute atomic E-state index is 11.9. The quantitative estimate of drug-likeness (QED) is 0.918. The van der Waals surface area contributed by atoms with E-state index in [2.05, 4.69) is 5.32 Å². The number of hydrogen-bond acceptors (Lipinski definition) is 3. The lowest BCUT2D eigenvalue weighted by Gasteiger charge is -2.09. The molecule has 0 unspecified atom stereocenters. The van der Waals surface area contributed by atoms with E-state index in [0.717, 1.165) is 23.4 Å². The molecule has 1 aliphatic heterocycles. The van der Waals surface area contributed by atoms with Gasteiger partial charge in [-0.15, -0.1) is 0 Å². The molecule has 1 N–H and O–H groups in total. The normalized spacial score (nSPS) is 12.5. The van der Waals surface area contributed by atoms with Crippen LogP contribution < -0.4 is 14.8 Å². The molecule has 4 nitrogen and oxygen atoms in total. The number of benzene rings is 2. The van der Waals surface area contributed by atoms with Crippen LogP contribution in [-0.2, 0) is 11.2 Å². The van der Waals surface area contributed by atoms with Gasteiger partial charge in [0, 0.05) is 17.1 Å². The number of anilines is 1. The number of ether oxygens (including phenoxy) is 2. The lowest BCUT2D eigenvalue weighted by atomic mass is 10.1. The van der Waals surface area contributed by atoms with Crippen LogP contribution in [0, 0.1) is 0 Å². The van der Waals surface area contributed by atoms with Crippen LogP contribution in [0.4, 0.5) is 5.69 Å². The second kappa shape index (κ2) is 6.46. The molecule has 0 saturated heterocycles. The van der Waals surface area contributed by atoms with Crippen molar-refractivity contribution in [2.75, 3.05) is 18.5 Å². The standard InChI is InChI=1S/C16H13Cl2NO3/c17-11-1-3-15(13(18)8-11)22-9-16(20)19-12-2-4-14-10(7-12)5-6-21-14/h1-4,7-8H,5-6,9H2,(H,19,20). The minimum Gasteiger partial charge on any atom is -0.493 e. The third kappa shape index (κ3) is 3.46. The number of fused-ring (bicyclic) bond motifs is 1. The molecule has 0 saturated carbocycles. The second-order valence-corrected chi connectivity index (χ2v) is 5.68. The lowest BCUT2D eigenvalue weighted by Crippen LogP contribution is -2.20. The Bertz CT molecular complexity index is 719. The molecule has 0 fully saturated rings. The van der Waals surface area contributed by atoms with E-state index >= 15 is 0 Å². The van der Waals surface area contributed by atoms with E-state index in [9.17, 15) is 4.79 Å². The zero-order valence-corrected chi connectivity index (χ0v) is 13.1. The number of hydrogen-bond donors (Lipinski definition) is 1. The Morgan fingerprint density at radius 3 is 2.91 bits per heavy atom. The first kappa shape index (κ1) is 15.0. The molecule has 0 bridgehead atoms. The number of carbonyl (C=O) groups excluding carboxylic acids is 1. The number of amides is 1. The molecule has 0 aliphatic carbocycles. The van der Waals surface area contributed by atoms with E-state index in [4.69, 9.17) is 32.7 Å². The van der Waals surface area contributed by atoms with Crippen molar-refractivity contribution in [3.63, 3.8) is 0 Å². The van der Waals surface area contributed by atoms with Crippen molar-refractivity contribution in [1.29, 1.82) is 0 Å². The van der Waals surface area contributed by atoms with Crippen molar-refractivity contribution in [1.82, 2.24) is 0 Å². The zero-order chi connectivity index (χ0) is 15.5. The van der Waals surface area contributed by atoms with Gasteiger partial charge in [0.15, 0.2) is 6.61 Å². The van der Waals surface area contributed by atoms with E-state index in [1.54, 1.807) is 24.3 Å². The van der Waals surface area contributed by atoms with Crippen molar-refractivity contribution >= 4 is 34.8 Å². The van der Waals surface area contributed by atoms with Crippen LogP contribution in [-0.4, -0.2) is 19.1 Å². The summed E-state index contributed by atoms with van der Waals surface area (Å²) in [6.45, 7) is 0.555. The average Bonchev–Trinajstić information content (AvgIpc) is 2.94. The number of carbonyl (C=O) groups is 1. The maximum atomic E-state index is 11.9. The van der Waals surface area contributed by atoms with Gasteiger partial charge < -0.3 is 14.8 Å². The van der Waals surface area contributed by atoms with Gasteiger partial charge in [-0.05, 0) is 42.0 Å². The molecule has 2 aromatic carbocycles. The Morgan fingerprint density at radius 2 is 2.09 bits per heavy atom. The monoisotopic (exact) mass is 337 g/mol. The van der Waals surface area contributed by atoms with Crippen molar-refractivity contribution in [3.05, 3.63) is 52.0 Å². The summed E-state index contributed by atoms with van der Waals surface area (Å²) in [6.07, 6.45) is 0.857. The van der Waals surface area contributed by atoms with Crippen molar-refractivity contribution in [2.45, 2.75) is 6.42 Å². The van der Waals surface area contributed by atoms with Crippen LogP contribution in [0.25, 0.3) is 0 Å². The molecular formula is C16H13Cl2NO3. The van der Waals surface area contributed by atoms with Crippen molar-refractivity contribution in [3.8, 4) is 11.5 Å². The molecular weight excluding hydrogens is 325 g/mol. The van der Waals surface area contributed by atoms with Crippen LogP contribution >= 0.6 is 23.2 Å². The molecule has 0 aromatic heterocycles. The van der Waals surface area contributed by atoms with Crippen LogP contribution in [0.1, 0.15) is 5.56 Å². The summed E-state index contributed by atoms with van der Waals surface area (Å²) in [5.74, 6) is 1.04. The first-order chi connectivity index (χ1) is 10.6. The number of rotatable bonds is 4. The van der Waals surface area contributed by atoms with Gasteiger partial charge in [0.1, 0.15) is 11.5 Å². The topological polar surface area (TPSA) is 47.6 Å². The largest absolute Gasteiger partial charge is 0.493 e. The minimum atomic E-state index is -0.259. The number of halogens is 2. The molecule has 22 heavy (non-hydrogen) atoms. The molecule has 1 amide bonds. The highest BCUT2D eigenvalue weighted by atomic mass is 35.5. The molecule has 2 aromatic rings. The van der Waals surface area contributed by atoms with E-state index in [-0.39, 0.29) is 12.5 Å². The summed E-state index contributed by atoms with van der Waals surface area (Å²) in [7, 11) is 0. The van der Waals surface area contributed by atoms with Crippen LogP contribution in [0.3, 0.4) is 0 Å². The summed E-state index contributed by atoms with van der Waals surface area (Å²) in [4.78, 5) is 11.9. The SMILES string of the molecule is O=C(COc1ccc(Cl)cc1Cl)Nc1ccc2c(c1)CCO2. The van der Waals surface area contributed by atoms with Crippen molar-refractivity contribution in [2.24, 2.45) is 0 Å². The highest BCUT2D eigenvalue weighted by Gasteiger charge is 2.13. The fourth-order valence-corrected chi connectivity index (χ4v) is 2.66. The van der Waals surface area contributed by atoms with E-state index in [0.29, 0.717) is 22.4 Å². The molecule has 6 heteroatoms. The molecule has 114 valence electrons. The summed E-state index contributed by atoms with van der Waals surface area (Å²) >= 11 is 11.8. The third-order valence-corrected chi connectivity index (χ3v) is 3.76. The smallest absolute Gasteiger partial charge is 0.262 e. The van der Waals surface area contributed by atoms with Gasteiger partial charge in [0.05, 0.1) is 11.6 Å². The maximum Gasteiger partial charge on any atom is 0.262 e. The molecule has 0 radical (unpaired) electrons. The van der Waals surface area contributed by atoms with E-state index in [1.807, 2.05) is 12.1 Å². The Hall–Kier alpha value is -1.91. The van der Waals surface area contributed by atoms with Crippen LogP contribution in [0.2, 0.25) is 10.0 Å². The van der Waals surface area contributed by atoms with Gasteiger partial charge in [-0.1, -0.05) is 23.2 Å². The highest BCUT2D eigenvalue weighted by Crippen LogP contribution is 2.29. The van der Waals surface area contributed by atoms with Gasteiger partial charge in [0.25, 0.3) is 5.91 Å². The highest BCUT2D eigenvalue weighted by molar-refractivity contribution is 6.35. The Morgan fingerprint density at radius 1 is 1.23 bits per heavy atom. The zero-order valence-electron chi connectivity index (χ0n) is 11.6. The predicted molar refractivity (Wildman–Crippen MR) is 86.2 cm³/mol. The molecule has 1 aliphatic rings. The second-order valence-electron chi connectivity index (χ2n) is 4.83. The van der Waals surface area contributed by atoms with Gasteiger partial charge in [-0.25, -0.2) is 0 Å². The summed E-state index contributed by atoms with van der Waals surface area (Å²) in [5, 5.41) is 3.67. The predicted octanol–water partition coefficient (Wildman–Crippen LogP) is 3.95. The first-order valence-electron chi connectivity index (χ1n) is 6.75. The fourth-order valence-electron chi connectivity index (χ4n) is 2.20.